The Bertz CT molecular complexity index is 1110. The van der Waals surface area contributed by atoms with E-state index in [4.69, 9.17) is 0 Å². The number of hydrogen-bond donors (Lipinski definition) is 0. The summed E-state index contributed by atoms with van der Waals surface area (Å²) in [6, 6.07) is 13.5. The Kier molecular flexibility index (Phi) is 3.65. The molecule has 0 unspecified atom stereocenters. The van der Waals surface area contributed by atoms with Crippen molar-refractivity contribution in [2.45, 2.75) is 27.2 Å². The van der Waals surface area contributed by atoms with Gasteiger partial charge < -0.3 is 0 Å². The van der Waals surface area contributed by atoms with Crippen molar-refractivity contribution in [2.24, 2.45) is 0 Å². The molecule has 0 saturated heterocycles. The van der Waals surface area contributed by atoms with Crippen molar-refractivity contribution in [2.75, 3.05) is 0 Å². The number of hydrogen-bond acceptors (Lipinski definition) is 0. The summed E-state index contributed by atoms with van der Waals surface area (Å²) in [6.45, 7) is 6.64. The average Bonchev–Trinajstić information content (AvgIpc) is 3.09. The molecule has 111 valence electrons. The van der Waals surface area contributed by atoms with Gasteiger partial charge in [-0.05, 0) is 0 Å². The zero-order valence-electron chi connectivity index (χ0n) is 13.8. The maximum atomic E-state index is 2.37. The molecule has 23 heavy (non-hydrogen) atoms. The standard InChI is InChI=1S/C22H19.Zr/c1-14(2)16-10-11-19-18-6-4-5-7-20(18)22(21(19)13-16)17-9-8-15(3)12-17;/h4-8,10-12H,9H2,1-3H3;. The molecule has 2 aliphatic rings. The van der Waals surface area contributed by atoms with Crippen LogP contribution in [0.1, 0.15) is 32.8 Å². The fourth-order valence-corrected chi connectivity index (χ4v) is 5.20. The van der Waals surface area contributed by atoms with Gasteiger partial charge in [-0.3, -0.25) is 0 Å². The Morgan fingerprint density at radius 1 is 0.957 bits per heavy atom. The third-order valence-corrected chi connectivity index (χ3v) is 6.12. The summed E-state index contributed by atoms with van der Waals surface area (Å²) in [7, 11) is 0. The van der Waals surface area contributed by atoms with Crippen LogP contribution >= 0.6 is 0 Å². The zero-order chi connectivity index (χ0) is 16.1. The predicted octanol–water partition coefficient (Wildman–Crippen LogP) is 3.12. The number of allylic oxidation sites excluding steroid dienone is 4. The van der Waals surface area contributed by atoms with Gasteiger partial charge in [0.05, 0.1) is 0 Å². The molecule has 0 spiro atoms. The summed E-state index contributed by atoms with van der Waals surface area (Å²) >= 11 is 1.50. The Morgan fingerprint density at radius 3 is 2.35 bits per heavy atom. The second kappa shape index (κ2) is 5.57. The van der Waals surface area contributed by atoms with Gasteiger partial charge in [-0.25, -0.2) is 0 Å². The summed E-state index contributed by atoms with van der Waals surface area (Å²) in [5, 5.41) is 5.65. The van der Waals surface area contributed by atoms with Crippen LogP contribution in [-0.4, -0.2) is 0 Å². The quantitative estimate of drug-likeness (QED) is 0.719. The van der Waals surface area contributed by atoms with Crippen LogP contribution in [-0.2, 0) is 24.7 Å². The molecule has 1 heteroatoms. The van der Waals surface area contributed by atoms with Crippen LogP contribution in [0.25, 0.3) is 11.1 Å². The molecule has 4 rings (SSSR count). The normalized spacial score (nSPS) is 15.1. The van der Waals surface area contributed by atoms with Gasteiger partial charge in [0.15, 0.2) is 0 Å². The summed E-state index contributed by atoms with van der Waals surface area (Å²) in [5.74, 6) is 0. The van der Waals surface area contributed by atoms with Crippen molar-refractivity contribution >= 4 is 14.4 Å². The molecule has 0 bridgehead atoms. The van der Waals surface area contributed by atoms with Crippen LogP contribution in [0.4, 0.5) is 0 Å². The maximum absolute atomic E-state index is 2.37. The van der Waals surface area contributed by atoms with Crippen LogP contribution in [0.2, 0.25) is 0 Å². The van der Waals surface area contributed by atoms with E-state index in [-0.39, 0.29) is 0 Å². The van der Waals surface area contributed by atoms with Crippen molar-refractivity contribution in [1.29, 1.82) is 0 Å². The Labute approximate surface area is 152 Å². The molecular weight excluding hydrogens is 355 g/mol. The van der Waals surface area contributed by atoms with Crippen LogP contribution in [0.5, 0.6) is 0 Å². The van der Waals surface area contributed by atoms with E-state index in [9.17, 15) is 0 Å². The van der Waals surface area contributed by atoms with Gasteiger partial charge in [-0.15, -0.1) is 0 Å². The van der Waals surface area contributed by atoms with E-state index in [1.54, 1.807) is 0 Å². The summed E-state index contributed by atoms with van der Waals surface area (Å²) in [5.41, 5.74) is 7.22. The summed E-state index contributed by atoms with van der Waals surface area (Å²) in [6.07, 6.45) is 5.77. The molecule has 0 atom stereocenters. The predicted molar refractivity (Wildman–Crippen MR) is 93.2 cm³/mol. The molecule has 0 fully saturated rings. The van der Waals surface area contributed by atoms with E-state index in [2.05, 4.69) is 69.3 Å². The van der Waals surface area contributed by atoms with Crippen molar-refractivity contribution < 1.29 is 24.7 Å². The summed E-state index contributed by atoms with van der Waals surface area (Å²) in [4.78, 5) is 0. The van der Waals surface area contributed by atoms with Crippen LogP contribution in [0.3, 0.4) is 0 Å². The second-order valence-electron chi connectivity index (χ2n) is 6.65. The molecule has 2 aliphatic carbocycles. The molecule has 0 aromatic heterocycles. The van der Waals surface area contributed by atoms with Gasteiger partial charge in [0.25, 0.3) is 0 Å². The molecular formula is C22H19Zr. The van der Waals surface area contributed by atoms with Crippen molar-refractivity contribution in [3.63, 3.8) is 0 Å². The molecule has 0 radical (unpaired) electrons. The number of benzene rings is 2. The van der Waals surface area contributed by atoms with Gasteiger partial charge in [-0.2, -0.15) is 0 Å². The fourth-order valence-electron chi connectivity index (χ4n) is 3.75. The number of rotatable bonds is 1. The van der Waals surface area contributed by atoms with Gasteiger partial charge in [-0.1, -0.05) is 0 Å². The minimum absolute atomic E-state index is 1.06. The first-order valence-electron chi connectivity index (χ1n) is 8.12. The van der Waals surface area contributed by atoms with Gasteiger partial charge in [0.1, 0.15) is 0 Å². The third kappa shape index (κ3) is 2.29. The Hall–Kier alpha value is -1.46. The van der Waals surface area contributed by atoms with Gasteiger partial charge in [0.2, 0.25) is 0 Å². The fraction of sp³-hybridized carbons (Fsp3) is 0.182. The van der Waals surface area contributed by atoms with E-state index >= 15 is 0 Å². The SMILES string of the molecule is CC1=CCC(C2=c3ccccc3=c3ccc(=C(C)C)[c]([Zr])c32)=C1. The van der Waals surface area contributed by atoms with Crippen molar-refractivity contribution in [1.82, 2.24) is 0 Å². The Balaban J connectivity index is 2.19. The first-order chi connectivity index (χ1) is 11.1. The first-order valence-corrected chi connectivity index (χ1v) is 9.34. The average molecular weight is 375 g/mol. The molecule has 0 amide bonds. The van der Waals surface area contributed by atoms with E-state index < -0.39 is 0 Å². The summed E-state index contributed by atoms with van der Waals surface area (Å²) < 4.78 is 1.51. The zero-order valence-corrected chi connectivity index (χ0v) is 16.3. The molecule has 2 aromatic rings. The first kappa shape index (κ1) is 15.1. The van der Waals surface area contributed by atoms with Gasteiger partial charge in [0, 0.05) is 0 Å². The van der Waals surface area contributed by atoms with E-state index in [1.807, 2.05) is 0 Å². The minimum atomic E-state index is 1.06. The van der Waals surface area contributed by atoms with Crippen LogP contribution in [0, 0.1) is 10.4 Å². The Morgan fingerprint density at radius 2 is 1.70 bits per heavy atom. The molecule has 0 nitrogen and oxygen atoms in total. The second-order valence-corrected chi connectivity index (χ2v) is 7.88. The van der Waals surface area contributed by atoms with E-state index in [1.165, 1.54) is 76.7 Å². The van der Waals surface area contributed by atoms with Crippen LogP contribution in [0.15, 0.2) is 59.7 Å². The van der Waals surface area contributed by atoms with Crippen LogP contribution < -0.4 is 13.7 Å². The van der Waals surface area contributed by atoms with Gasteiger partial charge >= 0.3 is 152 Å². The molecule has 0 aliphatic heterocycles. The van der Waals surface area contributed by atoms with Crippen molar-refractivity contribution in [3.05, 3.63) is 86.1 Å². The molecule has 2 aromatic carbocycles. The monoisotopic (exact) mass is 373 g/mol. The van der Waals surface area contributed by atoms with E-state index in [0.29, 0.717) is 0 Å². The third-order valence-electron chi connectivity index (χ3n) is 4.85. The number of fused-ring (bicyclic) bond motifs is 2. The molecule has 0 N–H and O–H groups in total. The topological polar surface area (TPSA) is 0 Å². The van der Waals surface area contributed by atoms with Crippen molar-refractivity contribution in [3.8, 4) is 0 Å². The molecule has 0 heterocycles. The van der Waals surface area contributed by atoms with E-state index in [0.717, 1.165) is 6.42 Å². The molecule has 0 saturated carbocycles.